The molecule has 1 saturated heterocycles. The highest BCUT2D eigenvalue weighted by molar-refractivity contribution is 6.30. The van der Waals surface area contributed by atoms with Crippen LogP contribution >= 0.6 is 11.6 Å². The summed E-state index contributed by atoms with van der Waals surface area (Å²) in [5.41, 5.74) is 8.37. The minimum absolute atomic E-state index is 0.0193. The van der Waals surface area contributed by atoms with E-state index in [1.54, 1.807) is 18.5 Å². The lowest BCUT2D eigenvalue weighted by molar-refractivity contribution is 0.0284. The first-order valence-corrected chi connectivity index (χ1v) is 11.4. The number of nitrogens with zero attached hydrogens (tertiary/aromatic N) is 4. The molecule has 2 aromatic carbocycles. The van der Waals surface area contributed by atoms with Gasteiger partial charge < -0.3 is 15.8 Å². The number of aliphatic imine (C=N–C) groups is 2. The summed E-state index contributed by atoms with van der Waals surface area (Å²) >= 11 is 5.85. The van der Waals surface area contributed by atoms with E-state index in [1.807, 2.05) is 18.2 Å². The Hall–Kier alpha value is -3.17. The van der Waals surface area contributed by atoms with Crippen molar-refractivity contribution in [1.82, 2.24) is 9.97 Å². The lowest BCUT2D eigenvalue weighted by Crippen LogP contribution is -2.39. The molecule has 5 rings (SSSR count). The molecule has 10 heteroatoms. The topological polar surface area (TPSA) is 97.8 Å². The van der Waals surface area contributed by atoms with Gasteiger partial charge in [-0.2, -0.15) is 0 Å². The number of anilines is 1. The van der Waals surface area contributed by atoms with Gasteiger partial charge in [-0.1, -0.05) is 29.8 Å². The standard InChI is InChI=1S/C24H23ClF2N6O/c25-17-4-3-13(7-18(17)26)22(16-9-29-10-16)33-23(28)14-1-2-15-11-30-24(32-21(15)8-14)31-20-5-6-34-12-19(20)27/h1-4,7-9,11,16,19-20,22H,5-6,10,12H2,(H2,28,33)(H,30,31,32). The molecular formula is C24H23ClF2N6O. The van der Waals surface area contributed by atoms with Gasteiger partial charge in [0.1, 0.15) is 17.8 Å². The van der Waals surface area contributed by atoms with E-state index in [0.29, 0.717) is 48.0 Å². The molecule has 4 unspecified atom stereocenters. The molecule has 0 saturated carbocycles. The molecule has 0 spiro atoms. The molecule has 1 fully saturated rings. The zero-order valence-corrected chi connectivity index (χ0v) is 18.9. The zero-order chi connectivity index (χ0) is 23.7. The Kier molecular flexibility index (Phi) is 6.38. The fourth-order valence-electron chi connectivity index (χ4n) is 4.03. The fourth-order valence-corrected chi connectivity index (χ4v) is 4.15. The van der Waals surface area contributed by atoms with E-state index in [-0.39, 0.29) is 17.5 Å². The number of alkyl halides is 1. The normalized spacial score (nSPS) is 23.5. The Morgan fingerprint density at radius 2 is 2.12 bits per heavy atom. The van der Waals surface area contributed by atoms with Gasteiger partial charge >= 0.3 is 0 Å². The lowest BCUT2D eigenvalue weighted by atomic mass is 9.91. The van der Waals surface area contributed by atoms with Gasteiger partial charge in [0.05, 0.1) is 29.2 Å². The van der Waals surface area contributed by atoms with Crippen molar-refractivity contribution in [2.24, 2.45) is 21.6 Å². The van der Waals surface area contributed by atoms with Crippen LogP contribution in [0.1, 0.15) is 23.6 Å². The molecule has 0 bridgehead atoms. The molecule has 1 aromatic heterocycles. The number of rotatable bonds is 6. The fraction of sp³-hybridized carbons (Fsp3) is 0.333. The number of benzene rings is 2. The Morgan fingerprint density at radius 1 is 1.26 bits per heavy atom. The lowest BCUT2D eigenvalue weighted by Gasteiger charge is -2.26. The van der Waals surface area contributed by atoms with Crippen molar-refractivity contribution in [2.75, 3.05) is 25.1 Å². The maximum Gasteiger partial charge on any atom is 0.223 e. The molecule has 3 aromatic rings. The van der Waals surface area contributed by atoms with E-state index in [2.05, 4.69) is 20.3 Å². The van der Waals surface area contributed by atoms with E-state index < -0.39 is 24.1 Å². The summed E-state index contributed by atoms with van der Waals surface area (Å²) in [6.07, 6.45) is 2.90. The maximum atomic E-state index is 14.1. The highest BCUT2D eigenvalue weighted by Crippen LogP contribution is 2.31. The van der Waals surface area contributed by atoms with Crippen molar-refractivity contribution in [3.8, 4) is 0 Å². The van der Waals surface area contributed by atoms with E-state index >= 15 is 0 Å². The zero-order valence-electron chi connectivity index (χ0n) is 18.2. The molecule has 2 aliphatic heterocycles. The molecular weight excluding hydrogens is 462 g/mol. The third-order valence-electron chi connectivity index (χ3n) is 6.06. The van der Waals surface area contributed by atoms with Crippen LogP contribution in [0.3, 0.4) is 0 Å². The van der Waals surface area contributed by atoms with E-state index in [0.717, 1.165) is 5.39 Å². The van der Waals surface area contributed by atoms with E-state index in [4.69, 9.17) is 27.1 Å². The van der Waals surface area contributed by atoms with Crippen LogP contribution in [-0.2, 0) is 4.74 Å². The molecule has 0 amide bonds. The quantitative estimate of drug-likeness (QED) is 0.405. The van der Waals surface area contributed by atoms with E-state index in [1.165, 1.54) is 12.1 Å². The average Bonchev–Trinajstić information content (AvgIpc) is 2.80. The number of nitrogens with two attached hydrogens (primary N) is 1. The number of fused-ring (bicyclic) bond motifs is 1. The van der Waals surface area contributed by atoms with Gasteiger partial charge in [0.15, 0.2) is 0 Å². The van der Waals surface area contributed by atoms with Crippen LogP contribution in [0.4, 0.5) is 14.7 Å². The first-order valence-electron chi connectivity index (χ1n) is 11.0. The van der Waals surface area contributed by atoms with Gasteiger partial charge in [0, 0.05) is 42.4 Å². The summed E-state index contributed by atoms with van der Waals surface area (Å²) in [5, 5.41) is 3.93. The summed E-state index contributed by atoms with van der Waals surface area (Å²) in [6.45, 7) is 1.15. The van der Waals surface area contributed by atoms with Crippen LogP contribution in [0, 0.1) is 11.7 Å². The van der Waals surface area contributed by atoms with Crippen molar-refractivity contribution >= 4 is 40.5 Å². The van der Waals surface area contributed by atoms with Crippen molar-refractivity contribution in [2.45, 2.75) is 24.7 Å². The molecule has 2 aliphatic rings. The van der Waals surface area contributed by atoms with Gasteiger partial charge in [0.2, 0.25) is 5.95 Å². The van der Waals surface area contributed by atoms with Crippen molar-refractivity contribution in [1.29, 1.82) is 0 Å². The highest BCUT2D eigenvalue weighted by Gasteiger charge is 2.27. The molecule has 4 atom stereocenters. The van der Waals surface area contributed by atoms with Crippen LogP contribution in [0.15, 0.2) is 52.6 Å². The second kappa shape index (κ2) is 9.60. The molecule has 176 valence electrons. The molecule has 3 heterocycles. The van der Waals surface area contributed by atoms with Crippen molar-refractivity contribution in [3.05, 3.63) is 64.6 Å². The van der Waals surface area contributed by atoms with E-state index in [9.17, 15) is 8.78 Å². The predicted octanol–water partition coefficient (Wildman–Crippen LogP) is 4.11. The third kappa shape index (κ3) is 4.71. The first kappa shape index (κ1) is 22.6. The second-order valence-electron chi connectivity index (χ2n) is 8.41. The number of hydrogen-bond donors (Lipinski definition) is 2. The number of nitrogens with one attached hydrogen (secondary N) is 1. The SMILES string of the molecule is NC(=NC(c1ccc(Cl)c(F)c1)C1C=NC1)c1ccc2cnc(NC3CCOCC3F)nc2c1. The largest absolute Gasteiger partial charge is 0.383 e. The number of ether oxygens (including phenoxy) is 1. The average molecular weight is 485 g/mol. The monoisotopic (exact) mass is 484 g/mol. The Balaban J connectivity index is 1.43. The Labute approximate surface area is 200 Å². The number of hydrogen-bond acceptors (Lipinski definition) is 6. The summed E-state index contributed by atoms with van der Waals surface area (Å²) in [6, 6.07) is 9.36. The van der Waals surface area contributed by atoms with Crippen molar-refractivity contribution < 1.29 is 13.5 Å². The second-order valence-corrected chi connectivity index (χ2v) is 8.82. The van der Waals surface area contributed by atoms with Crippen LogP contribution in [0.2, 0.25) is 5.02 Å². The van der Waals surface area contributed by atoms with Gasteiger partial charge in [-0.25, -0.2) is 18.7 Å². The molecule has 0 radical (unpaired) electrons. The summed E-state index contributed by atoms with van der Waals surface area (Å²) in [5.74, 6) is 0.154. The molecule has 7 nitrogen and oxygen atoms in total. The minimum atomic E-state index is -1.12. The number of halogens is 3. The third-order valence-corrected chi connectivity index (χ3v) is 6.37. The van der Waals surface area contributed by atoms with Gasteiger partial charge in [-0.05, 0) is 30.2 Å². The van der Waals surface area contributed by atoms with Crippen LogP contribution in [0.25, 0.3) is 10.9 Å². The smallest absolute Gasteiger partial charge is 0.223 e. The summed E-state index contributed by atoms with van der Waals surface area (Å²) < 4.78 is 33.4. The first-order chi connectivity index (χ1) is 16.5. The van der Waals surface area contributed by atoms with Gasteiger partial charge in [-0.3, -0.25) is 9.98 Å². The minimum Gasteiger partial charge on any atom is -0.383 e. The summed E-state index contributed by atoms with van der Waals surface area (Å²) in [4.78, 5) is 17.7. The van der Waals surface area contributed by atoms with Gasteiger partial charge in [-0.15, -0.1) is 0 Å². The Morgan fingerprint density at radius 3 is 2.85 bits per heavy atom. The van der Waals surface area contributed by atoms with Gasteiger partial charge in [0.25, 0.3) is 0 Å². The predicted molar refractivity (Wildman–Crippen MR) is 129 cm³/mol. The molecule has 3 N–H and O–H groups in total. The van der Waals surface area contributed by atoms with Crippen molar-refractivity contribution in [3.63, 3.8) is 0 Å². The number of aromatic nitrogens is 2. The molecule has 34 heavy (non-hydrogen) atoms. The Bertz CT molecular complexity index is 1270. The van der Waals surface area contributed by atoms with Crippen LogP contribution in [0.5, 0.6) is 0 Å². The highest BCUT2D eigenvalue weighted by atomic mass is 35.5. The molecule has 0 aliphatic carbocycles. The summed E-state index contributed by atoms with van der Waals surface area (Å²) in [7, 11) is 0. The van der Waals surface area contributed by atoms with Crippen LogP contribution in [-0.4, -0.2) is 54.0 Å². The maximum absolute atomic E-state index is 14.1. The van der Waals surface area contributed by atoms with Crippen LogP contribution < -0.4 is 11.1 Å². The number of amidine groups is 1.